The maximum atomic E-state index is 12.5. The fourth-order valence-corrected chi connectivity index (χ4v) is 2.79. The third-order valence-corrected chi connectivity index (χ3v) is 4.01. The molecule has 1 saturated carbocycles. The van der Waals surface area contributed by atoms with E-state index in [0.717, 1.165) is 12.8 Å². The molecule has 0 radical (unpaired) electrons. The third kappa shape index (κ3) is 2.10. The van der Waals surface area contributed by atoms with Gasteiger partial charge in [0.2, 0.25) is 0 Å². The van der Waals surface area contributed by atoms with Crippen LogP contribution in [0.5, 0.6) is 0 Å². The van der Waals surface area contributed by atoms with Gasteiger partial charge in [0, 0.05) is 18.3 Å². The molecule has 0 unspecified atom stereocenters. The van der Waals surface area contributed by atoms with E-state index in [-0.39, 0.29) is 17.8 Å². The molecule has 116 valence electrons. The van der Waals surface area contributed by atoms with Gasteiger partial charge in [-0.05, 0) is 47.4 Å². The smallest absolute Gasteiger partial charge is 0.358 e. The number of aryl methyl sites for hydroxylation is 1. The first-order valence-electron chi connectivity index (χ1n) is 7.28. The molecule has 1 amide bonds. The highest BCUT2D eigenvalue weighted by molar-refractivity contribution is 6.12. The Bertz CT molecular complexity index is 847. The van der Waals surface area contributed by atoms with E-state index in [2.05, 4.69) is 15.3 Å². The van der Waals surface area contributed by atoms with Gasteiger partial charge in [0.1, 0.15) is 11.5 Å². The third-order valence-electron chi connectivity index (χ3n) is 4.01. The molecule has 4 rings (SSSR count). The molecule has 0 spiro atoms. The summed E-state index contributed by atoms with van der Waals surface area (Å²) in [7, 11) is 0. The number of rotatable bonds is 2. The molecule has 0 saturated heterocycles. The zero-order chi connectivity index (χ0) is 16.1. The van der Waals surface area contributed by atoms with Crippen molar-refractivity contribution in [1.82, 2.24) is 9.97 Å². The van der Waals surface area contributed by atoms with Gasteiger partial charge in [-0.1, -0.05) is 0 Å². The lowest BCUT2D eigenvalue weighted by Gasteiger charge is -2.20. The molecule has 8 nitrogen and oxygen atoms in total. The molecule has 23 heavy (non-hydrogen) atoms. The summed E-state index contributed by atoms with van der Waals surface area (Å²) in [5, 5.41) is 14.0. The van der Waals surface area contributed by atoms with Crippen molar-refractivity contribution in [3.05, 3.63) is 45.6 Å². The minimum Gasteiger partial charge on any atom is -0.358 e. The van der Waals surface area contributed by atoms with Crippen LogP contribution in [0.1, 0.15) is 28.8 Å². The van der Waals surface area contributed by atoms with Gasteiger partial charge in [-0.2, -0.15) is 0 Å². The second kappa shape index (κ2) is 4.73. The Balaban J connectivity index is 2.00. The number of nitro groups is 1. The van der Waals surface area contributed by atoms with Crippen molar-refractivity contribution in [1.29, 1.82) is 0 Å². The summed E-state index contributed by atoms with van der Waals surface area (Å²) in [5.41, 5.74) is 1.55. The minimum absolute atomic E-state index is 0.156. The first-order chi connectivity index (χ1) is 11.1. The van der Waals surface area contributed by atoms with Crippen molar-refractivity contribution in [2.75, 3.05) is 10.2 Å². The van der Waals surface area contributed by atoms with E-state index in [4.69, 9.17) is 0 Å². The number of carbonyl (C=O) groups is 1. The largest absolute Gasteiger partial charge is 0.366 e. The highest BCUT2D eigenvalue weighted by Crippen LogP contribution is 2.44. The van der Waals surface area contributed by atoms with Crippen LogP contribution in [0.25, 0.3) is 0 Å². The van der Waals surface area contributed by atoms with Gasteiger partial charge in [0.15, 0.2) is 0 Å². The Morgan fingerprint density at radius 2 is 2.17 bits per heavy atom. The molecule has 0 atom stereocenters. The zero-order valence-corrected chi connectivity index (χ0v) is 12.3. The van der Waals surface area contributed by atoms with Gasteiger partial charge in [-0.25, -0.2) is 4.98 Å². The molecule has 0 aromatic carbocycles. The lowest BCUT2D eigenvalue weighted by Crippen LogP contribution is -2.23. The van der Waals surface area contributed by atoms with Crippen molar-refractivity contribution < 1.29 is 9.72 Å². The second-order valence-electron chi connectivity index (χ2n) is 5.68. The zero-order valence-electron chi connectivity index (χ0n) is 12.3. The van der Waals surface area contributed by atoms with Crippen LogP contribution in [0.4, 0.5) is 23.1 Å². The number of hydrogen-bond acceptors (Lipinski definition) is 6. The topological polar surface area (TPSA) is 101 Å². The number of anilines is 3. The summed E-state index contributed by atoms with van der Waals surface area (Å²) in [4.78, 5) is 33.5. The first-order valence-corrected chi connectivity index (χ1v) is 7.28. The van der Waals surface area contributed by atoms with Gasteiger partial charge in [0.05, 0.1) is 5.56 Å². The van der Waals surface area contributed by atoms with Crippen molar-refractivity contribution >= 4 is 29.0 Å². The van der Waals surface area contributed by atoms with E-state index in [1.165, 1.54) is 6.07 Å². The fourth-order valence-electron chi connectivity index (χ4n) is 2.79. The molecule has 2 aromatic rings. The Kier molecular flexibility index (Phi) is 2.80. The van der Waals surface area contributed by atoms with Crippen molar-refractivity contribution in [2.45, 2.75) is 25.8 Å². The number of hydrogen-bond donors (Lipinski definition) is 1. The molecular weight excluding hydrogens is 298 g/mol. The second-order valence-corrected chi connectivity index (χ2v) is 5.68. The minimum atomic E-state index is -0.523. The van der Waals surface area contributed by atoms with Crippen LogP contribution in [-0.2, 0) is 0 Å². The number of aromatic nitrogens is 2. The SMILES string of the molecule is Cc1cc([N+](=O)[O-])nc2c1NC(=O)c1cccnc1N2C1CC1. The number of amides is 1. The van der Waals surface area contributed by atoms with Gasteiger partial charge < -0.3 is 15.4 Å². The van der Waals surface area contributed by atoms with Gasteiger partial charge in [-0.15, -0.1) is 0 Å². The van der Waals surface area contributed by atoms with Crippen molar-refractivity contribution in [3.63, 3.8) is 0 Å². The number of carbonyl (C=O) groups excluding carboxylic acids is 1. The van der Waals surface area contributed by atoms with E-state index in [1.807, 2.05) is 4.90 Å². The van der Waals surface area contributed by atoms with Crippen LogP contribution < -0.4 is 10.2 Å². The first kappa shape index (κ1) is 13.6. The maximum Gasteiger partial charge on any atom is 0.366 e. The van der Waals surface area contributed by atoms with E-state index in [9.17, 15) is 14.9 Å². The van der Waals surface area contributed by atoms with E-state index < -0.39 is 4.92 Å². The van der Waals surface area contributed by atoms with Crippen molar-refractivity contribution in [2.24, 2.45) is 0 Å². The van der Waals surface area contributed by atoms with Crippen LogP contribution in [0.15, 0.2) is 24.4 Å². The lowest BCUT2D eigenvalue weighted by molar-refractivity contribution is -0.389. The highest BCUT2D eigenvalue weighted by atomic mass is 16.6. The van der Waals surface area contributed by atoms with Crippen LogP contribution in [0, 0.1) is 17.0 Å². The predicted octanol–water partition coefficient (Wildman–Crippen LogP) is 2.56. The quantitative estimate of drug-likeness (QED) is 0.675. The van der Waals surface area contributed by atoms with E-state index in [1.54, 1.807) is 25.3 Å². The van der Waals surface area contributed by atoms with Gasteiger partial charge in [-0.3, -0.25) is 9.69 Å². The molecule has 0 bridgehead atoms. The normalized spacial score (nSPS) is 16.2. The number of nitrogens with one attached hydrogen (secondary N) is 1. The Morgan fingerprint density at radius 1 is 1.39 bits per heavy atom. The number of fused-ring (bicyclic) bond motifs is 2. The molecule has 2 aliphatic rings. The summed E-state index contributed by atoms with van der Waals surface area (Å²) in [6.07, 6.45) is 3.48. The van der Waals surface area contributed by atoms with Crippen LogP contribution in [0.2, 0.25) is 0 Å². The average Bonchev–Trinajstić information content (AvgIpc) is 3.35. The Labute approximate surface area is 131 Å². The summed E-state index contributed by atoms with van der Waals surface area (Å²) < 4.78 is 0. The lowest BCUT2D eigenvalue weighted by atomic mass is 10.2. The molecule has 8 heteroatoms. The maximum absolute atomic E-state index is 12.5. The monoisotopic (exact) mass is 311 g/mol. The summed E-state index contributed by atoms with van der Waals surface area (Å²) in [6, 6.07) is 4.92. The van der Waals surface area contributed by atoms with Crippen LogP contribution in [0.3, 0.4) is 0 Å². The number of nitrogens with zero attached hydrogens (tertiary/aromatic N) is 4. The molecule has 1 aliphatic carbocycles. The summed E-state index contributed by atoms with van der Waals surface area (Å²) >= 11 is 0. The van der Waals surface area contributed by atoms with Crippen molar-refractivity contribution in [3.8, 4) is 0 Å². The molecular formula is C15H13N5O3. The average molecular weight is 311 g/mol. The highest BCUT2D eigenvalue weighted by Gasteiger charge is 2.41. The molecule has 1 N–H and O–H groups in total. The summed E-state index contributed by atoms with van der Waals surface area (Å²) in [5.74, 6) is 0.375. The van der Waals surface area contributed by atoms with E-state index >= 15 is 0 Å². The Hall–Kier alpha value is -3.03. The predicted molar refractivity (Wildman–Crippen MR) is 83.0 cm³/mol. The van der Waals surface area contributed by atoms with Gasteiger partial charge in [0.25, 0.3) is 11.7 Å². The van der Waals surface area contributed by atoms with E-state index in [0.29, 0.717) is 28.5 Å². The standard InChI is InChI=1S/C15H13N5O3/c1-8-7-11(20(22)23)17-14-12(8)18-15(21)10-3-2-6-16-13(10)19(14)9-4-5-9/h2-3,6-7,9H,4-5H2,1H3,(H,18,21). The summed E-state index contributed by atoms with van der Waals surface area (Å²) in [6.45, 7) is 1.72. The van der Waals surface area contributed by atoms with Crippen LogP contribution in [-0.4, -0.2) is 26.8 Å². The van der Waals surface area contributed by atoms with Crippen LogP contribution >= 0.6 is 0 Å². The van der Waals surface area contributed by atoms with Gasteiger partial charge >= 0.3 is 5.82 Å². The Morgan fingerprint density at radius 3 is 2.87 bits per heavy atom. The molecule has 1 aliphatic heterocycles. The molecule has 2 aromatic heterocycles. The molecule has 3 heterocycles. The molecule has 1 fully saturated rings. The fraction of sp³-hybridized carbons (Fsp3) is 0.267. The number of pyridine rings is 2.